The zero-order valence-corrected chi connectivity index (χ0v) is 17.4. The topological polar surface area (TPSA) is 32.5 Å². The highest BCUT2D eigenvalue weighted by Crippen LogP contribution is 2.42. The highest BCUT2D eigenvalue weighted by atomic mass is 16.3. The molecule has 0 amide bonds. The van der Waals surface area contributed by atoms with E-state index in [0.29, 0.717) is 12.0 Å². The fraction of sp³-hybridized carbons (Fsp3) is 0.435. The first-order valence-corrected chi connectivity index (χ1v) is 9.80. The minimum absolute atomic E-state index is 0.164. The molecule has 0 saturated carbocycles. The number of rotatable bonds is 3. The lowest BCUT2D eigenvalue weighted by Crippen LogP contribution is -2.51. The molecule has 0 aliphatic carbocycles. The van der Waals surface area contributed by atoms with Crippen LogP contribution in [-0.4, -0.2) is 21.6 Å². The number of hydrogen-bond donors (Lipinski definition) is 0. The quantitative estimate of drug-likeness (QED) is 0.558. The second-order valence-corrected chi connectivity index (χ2v) is 8.62. The second-order valence-electron chi connectivity index (χ2n) is 8.62. The summed E-state index contributed by atoms with van der Waals surface area (Å²) < 4.78 is 6.35. The van der Waals surface area contributed by atoms with Gasteiger partial charge in [-0.15, -0.1) is 0 Å². The monoisotopic (exact) mass is 363 g/mol. The van der Waals surface area contributed by atoms with Crippen LogP contribution in [0.2, 0.25) is 0 Å². The minimum atomic E-state index is -0.164. The van der Waals surface area contributed by atoms with Crippen molar-refractivity contribution in [3.8, 4) is 0 Å². The summed E-state index contributed by atoms with van der Waals surface area (Å²) in [5.41, 5.74) is 4.87. The van der Waals surface area contributed by atoms with Gasteiger partial charge in [-0.05, 0) is 58.2 Å². The van der Waals surface area contributed by atoms with Crippen LogP contribution < -0.4 is 4.90 Å². The zero-order chi connectivity index (χ0) is 19.5. The smallest absolute Gasteiger partial charge is 0.227 e. The maximum absolute atomic E-state index is 6.35. The van der Waals surface area contributed by atoms with Crippen molar-refractivity contribution in [1.29, 1.82) is 0 Å². The van der Waals surface area contributed by atoms with Gasteiger partial charge in [-0.3, -0.25) is 0 Å². The Morgan fingerprint density at radius 3 is 2.30 bits per heavy atom. The van der Waals surface area contributed by atoms with E-state index in [2.05, 4.69) is 94.9 Å². The molecule has 1 aliphatic rings. The number of aromatic nitrogens is 1. The molecule has 0 spiro atoms. The Kier molecular flexibility index (Phi) is 3.99. The van der Waals surface area contributed by atoms with Gasteiger partial charge >= 0.3 is 0 Å². The predicted molar refractivity (Wildman–Crippen MR) is 113 cm³/mol. The van der Waals surface area contributed by atoms with Gasteiger partial charge in [0.15, 0.2) is 5.58 Å². The molecule has 0 unspecified atom stereocenters. The van der Waals surface area contributed by atoms with Gasteiger partial charge in [0.2, 0.25) is 5.71 Å². The van der Waals surface area contributed by atoms with Crippen LogP contribution in [0.25, 0.3) is 22.1 Å². The van der Waals surface area contributed by atoms with Crippen LogP contribution in [0, 0.1) is 6.92 Å². The van der Waals surface area contributed by atoms with Gasteiger partial charge < -0.3 is 14.2 Å². The Labute approximate surface area is 161 Å². The molecule has 142 valence electrons. The predicted octanol–water partition coefficient (Wildman–Crippen LogP) is 6.15. The molecule has 1 aliphatic heterocycles. The molecule has 0 atom stereocenters. The third kappa shape index (κ3) is 2.61. The van der Waals surface area contributed by atoms with E-state index >= 15 is 0 Å². The molecule has 0 bridgehead atoms. The van der Waals surface area contributed by atoms with Crippen LogP contribution >= 0.6 is 0 Å². The standard InChI is InChI=1S/C23H29N3O/c1-14(2)19-11-10-18-17-9-8-16(5)20(21(17)27-22(18)24-19)26-13-12-25(15(3)4)23(26,6)7/h8-15H,1-7H3. The Morgan fingerprint density at radius 1 is 0.963 bits per heavy atom. The highest BCUT2D eigenvalue weighted by Gasteiger charge is 2.38. The summed E-state index contributed by atoms with van der Waals surface area (Å²) in [4.78, 5) is 9.48. The summed E-state index contributed by atoms with van der Waals surface area (Å²) in [7, 11) is 0. The minimum Gasteiger partial charge on any atom is -0.435 e. The molecule has 3 heterocycles. The highest BCUT2D eigenvalue weighted by molar-refractivity contribution is 6.08. The molecule has 4 rings (SSSR count). The molecular formula is C23H29N3O. The van der Waals surface area contributed by atoms with E-state index in [9.17, 15) is 0 Å². The second kappa shape index (κ2) is 6.01. The molecule has 0 radical (unpaired) electrons. The third-order valence-corrected chi connectivity index (χ3v) is 5.69. The first-order valence-electron chi connectivity index (χ1n) is 9.80. The van der Waals surface area contributed by atoms with Gasteiger partial charge in [-0.25, -0.2) is 4.98 Å². The number of benzene rings is 1. The maximum Gasteiger partial charge on any atom is 0.227 e. The van der Waals surface area contributed by atoms with E-state index < -0.39 is 0 Å². The van der Waals surface area contributed by atoms with Gasteiger partial charge in [-0.2, -0.15) is 0 Å². The molecule has 2 aromatic heterocycles. The fourth-order valence-corrected chi connectivity index (χ4v) is 4.22. The molecule has 4 nitrogen and oxygen atoms in total. The van der Waals surface area contributed by atoms with E-state index in [1.807, 2.05) is 0 Å². The molecule has 0 fully saturated rings. The molecule has 1 aromatic carbocycles. The Hall–Kier alpha value is -2.49. The largest absolute Gasteiger partial charge is 0.435 e. The lowest BCUT2D eigenvalue weighted by Gasteiger charge is -2.42. The van der Waals surface area contributed by atoms with Crippen molar-refractivity contribution < 1.29 is 4.42 Å². The van der Waals surface area contributed by atoms with Gasteiger partial charge in [0.1, 0.15) is 5.66 Å². The van der Waals surface area contributed by atoms with E-state index in [4.69, 9.17) is 9.40 Å². The number of hydrogen-bond acceptors (Lipinski definition) is 4. The molecular weight excluding hydrogens is 334 g/mol. The average Bonchev–Trinajstić information content (AvgIpc) is 3.11. The van der Waals surface area contributed by atoms with Crippen LogP contribution in [0.4, 0.5) is 5.69 Å². The number of nitrogens with zero attached hydrogens (tertiary/aromatic N) is 3. The summed E-state index contributed by atoms with van der Waals surface area (Å²) in [6.45, 7) is 15.4. The van der Waals surface area contributed by atoms with E-state index in [1.165, 1.54) is 5.56 Å². The van der Waals surface area contributed by atoms with Gasteiger partial charge in [0.25, 0.3) is 0 Å². The molecule has 3 aromatic rings. The zero-order valence-electron chi connectivity index (χ0n) is 17.4. The van der Waals surface area contributed by atoms with Crippen LogP contribution in [0.1, 0.15) is 58.7 Å². The molecule has 0 saturated heterocycles. The first-order chi connectivity index (χ1) is 12.7. The average molecular weight is 364 g/mol. The molecule has 4 heteroatoms. The van der Waals surface area contributed by atoms with E-state index in [1.54, 1.807) is 0 Å². The molecule has 0 N–H and O–H groups in total. The van der Waals surface area contributed by atoms with Gasteiger partial charge in [0.05, 0.1) is 5.69 Å². The van der Waals surface area contributed by atoms with Crippen molar-refractivity contribution in [2.75, 3.05) is 4.90 Å². The number of furan rings is 1. The summed E-state index contributed by atoms with van der Waals surface area (Å²) in [6.07, 6.45) is 4.35. The number of fused-ring (bicyclic) bond motifs is 3. The Balaban J connectivity index is 1.94. The Bertz CT molecular complexity index is 1040. The SMILES string of the molecule is Cc1ccc2c(oc3nc(C(C)C)ccc32)c1N1C=CN(C(C)C)C1(C)C. The van der Waals surface area contributed by atoms with Crippen molar-refractivity contribution in [3.05, 3.63) is 47.9 Å². The Morgan fingerprint density at radius 2 is 1.67 bits per heavy atom. The van der Waals surface area contributed by atoms with Crippen molar-refractivity contribution in [1.82, 2.24) is 9.88 Å². The van der Waals surface area contributed by atoms with Crippen molar-refractivity contribution >= 4 is 27.8 Å². The number of aryl methyl sites for hydroxylation is 1. The lowest BCUT2D eigenvalue weighted by molar-refractivity contribution is 0.170. The fourth-order valence-electron chi connectivity index (χ4n) is 4.22. The van der Waals surface area contributed by atoms with E-state index in [-0.39, 0.29) is 5.66 Å². The lowest BCUT2D eigenvalue weighted by atomic mass is 10.0. The summed E-state index contributed by atoms with van der Waals surface area (Å²) in [5, 5.41) is 2.21. The normalized spacial score (nSPS) is 16.6. The van der Waals surface area contributed by atoms with Crippen LogP contribution in [0.15, 0.2) is 41.1 Å². The summed E-state index contributed by atoms with van der Waals surface area (Å²) in [6, 6.07) is 9.02. The van der Waals surface area contributed by atoms with Crippen molar-refractivity contribution in [2.24, 2.45) is 0 Å². The summed E-state index contributed by atoms with van der Waals surface area (Å²) in [5.74, 6) is 0.379. The van der Waals surface area contributed by atoms with Crippen molar-refractivity contribution in [3.63, 3.8) is 0 Å². The third-order valence-electron chi connectivity index (χ3n) is 5.69. The molecule has 27 heavy (non-hydrogen) atoms. The van der Waals surface area contributed by atoms with E-state index in [0.717, 1.165) is 33.5 Å². The van der Waals surface area contributed by atoms with Crippen LogP contribution in [-0.2, 0) is 0 Å². The maximum atomic E-state index is 6.35. The number of anilines is 1. The van der Waals surface area contributed by atoms with Gasteiger partial charge in [-0.1, -0.05) is 26.0 Å². The summed E-state index contributed by atoms with van der Waals surface area (Å²) >= 11 is 0. The van der Waals surface area contributed by atoms with Crippen LogP contribution in [0.5, 0.6) is 0 Å². The van der Waals surface area contributed by atoms with Gasteiger partial charge in [0, 0.05) is 34.9 Å². The number of pyridine rings is 1. The van der Waals surface area contributed by atoms with Crippen LogP contribution in [0.3, 0.4) is 0 Å². The first kappa shape index (κ1) is 17.9. The van der Waals surface area contributed by atoms with Crippen molar-refractivity contribution in [2.45, 2.75) is 66.1 Å².